The van der Waals surface area contributed by atoms with E-state index in [1.165, 1.54) is 16.2 Å². The molecule has 0 fully saturated rings. The quantitative estimate of drug-likeness (QED) is 0.292. The predicted molar refractivity (Wildman–Crippen MR) is 103 cm³/mol. The lowest BCUT2D eigenvalue weighted by molar-refractivity contribution is 1.19. The molecular formula is C21H12ClN3. The van der Waals surface area contributed by atoms with E-state index in [1.54, 1.807) is 6.20 Å². The molecule has 25 heavy (non-hydrogen) atoms. The average Bonchev–Trinajstić information content (AvgIpc) is 2.66. The van der Waals surface area contributed by atoms with E-state index in [0.717, 1.165) is 22.0 Å². The van der Waals surface area contributed by atoms with Crippen LogP contribution in [0, 0.1) is 0 Å². The highest BCUT2D eigenvalue weighted by molar-refractivity contribution is 6.29. The molecule has 2 aromatic heterocycles. The summed E-state index contributed by atoms with van der Waals surface area (Å²) in [5.41, 5.74) is 2.45. The fraction of sp³-hybridized carbons (Fsp3) is 0. The number of aromatic nitrogens is 3. The van der Waals surface area contributed by atoms with Crippen molar-refractivity contribution in [3.8, 4) is 11.3 Å². The molecule has 0 N–H and O–H groups in total. The van der Waals surface area contributed by atoms with Crippen molar-refractivity contribution in [3.05, 3.63) is 78.2 Å². The summed E-state index contributed by atoms with van der Waals surface area (Å²) in [6, 6.07) is 22.8. The molecule has 2 heterocycles. The Kier molecular flexibility index (Phi) is 3.15. The monoisotopic (exact) mass is 341 g/mol. The van der Waals surface area contributed by atoms with Crippen LogP contribution in [0.4, 0.5) is 0 Å². The summed E-state index contributed by atoms with van der Waals surface area (Å²) < 4.78 is 0. The maximum Gasteiger partial charge on any atom is 0.225 e. The van der Waals surface area contributed by atoms with Crippen LogP contribution < -0.4 is 0 Å². The van der Waals surface area contributed by atoms with Gasteiger partial charge in [0, 0.05) is 17.1 Å². The van der Waals surface area contributed by atoms with Gasteiger partial charge in [-0.25, -0.2) is 9.97 Å². The molecule has 3 nitrogen and oxygen atoms in total. The van der Waals surface area contributed by atoms with Gasteiger partial charge in [-0.1, -0.05) is 48.5 Å². The van der Waals surface area contributed by atoms with E-state index >= 15 is 0 Å². The zero-order chi connectivity index (χ0) is 16.8. The highest BCUT2D eigenvalue weighted by Gasteiger charge is 2.14. The van der Waals surface area contributed by atoms with Gasteiger partial charge in [0.25, 0.3) is 0 Å². The maximum absolute atomic E-state index is 6.18. The van der Waals surface area contributed by atoms with E-state index in [4.69, 9.17) is 11.6 Å². The molecule has 0 bridgehead atoms. The molecule has 0 saturated heterocycles. The van der Waals surface area contributed by atoms with Crippen LogP contribution >= 0.6 is 11.6 Å². The number of halogens is 1. The van der Waals surface area contributed by atoms with Gasteiger partial charge in [0.2, 0.25) is 5.28 Å². The van der Waals surface area contributed by atoms with Crippen LogP contribution in [0.3, 0.4) is 0 Å². The van der Waals surface area contributed by atoms with Gasteiger partial charge in [-0.2, -0.15) is 4.98 Å². The number of benzene rings is 3. The van der Waals surface area contributed by atoms with Crippen molar-refractivity contribution in [2.75, 3.05) is 0 Å². The lowest BCUT2D eigenvalue weighted by Crippen LogP contribution is -1.94. The molecule has 0 radical (unpaired) electrons. The molecule has 5 aromatic rings. The van der Waals surface area contributed by atoms with Crippen LogP contribution in [-0.4, -0.2) is 15.0 Å². The first-order valence-corrected chi connectivity index (χ1v) is 8.38. The first-order valence-electron chi connectivity index (χ1n) is 8.00. The van der Waals surface area contributed by atoms with E-state index in [-0.39, 0.29) is 5.28 Å². The van der Waals surface area contributed by atoms with Crippen LogP contribution in [0.5, 0.6) is 0 Å². The third kappa shape index (κ3) is 2.24. The Bertz CT molecular complexity index is 1260. The van der Waals surface area contributed by atoms with Gasteiger partial charge in [0.1, 0.15) is 0 Å². The first-order chi connectivity index (χ1) is 12.3. The second-order valence-electron chi connectivity index (χ2n) is 5.91. The molecule has 0 aliphatic heterocycles. The van der Waals surface area contributed by atoms with Gasteiger partial charge in [0.15, 0.2) is 5.65 Å². The smallest absolute Gasteiger partial charge is 0.225 e. The summed E-state index contributed by atoms with van der Waals surface area (Å²) >= 11 is 6.18. The second-order valence-corrected chi connectivity index (χ2v) is 6.24. The van der Waals surface area contributed by atoms with E-state index in [0.29, 0.717) is 5.65 Å². The molecule has 0 amide bonds. The lowest BCUT2D eigenvalue weighted by atomic mass is 9.94. The van der Waals surface area contributed by atoms with E-state index in [2.05, 4.69) is 57.4 Å². The number of hydrogen-bond acceptors (Lipinski definition) is 3. The maximum atomic E-state index is 6.18. The molecule has 0 aliphatic carbocycles. The molecule has 5 rings (SSSR count). The molecule has 0 spiro atoms. The Balaban J connectivity index is 1.99. The summed E-state index contributed by atoms with van der Waals surface area (Å²) in [6.07, 6.45) is 1.72. The van der Waals surface area contributed by atoms with Gasteiger partial charge < -0.3 is 0 Å². The Morgan fingerprint density at radius 2 is 1.40 bits per heavy atom. The highest BCUT2D eigenvalue weighted by Crippen LogP contribution is 2.36. The Morgan fingerprint density at radius 1 is 0.680 bits per heavy atom. The summed E-state index contributed by atoms with van der Waals surface area (Å²) in [4.78, 5) is 13.1. The van der Waals surface area contributed by atoms with E-state index in [9.17, 15) is 0 Å². The first kappa shape index (κ1) is 14.3. The van der Waals surface area contributed by atoms with Gasteiger partial charge in [-0.05, 0) is 51.3 Å². The van der Waals surface area contributed by atoms with Crippen LogP contribution in [-0.2, 0) is 0 Å². The fourth-order valence-corrected chi connectivity index (χ4v) is 3.56. The second kappa shape index (κ2) is 5.50. The number of hydrogen-bond donors (Lipinski definition) is 0. The predicted octanol–water partition coefficient (Wildman–Crippen LogP) is 5.65. The zero-order valence-corrected chi connectivity index (χ0v) is 13.9. The fourth-order valence-electron chi connectivity index (χ4n) is 3.39. The zero-order valence-electron chi connectivity index (χ0n) is 13.1. The van der Waals surface area contributed by atoms with Crippen LogP contribution in [0.15, 0.2) is 72.9 Å². The molecule has 0 aliphatic rings. The third-order valence-corrected chi connectivity index (χ3v) is 4.64. The van der Waals surface area contributed by atoms with Crippen molar-refractivity contribution in [2.45, 2.75) is 0 Å². The molecule has 0 atom stereocenters. The molecule has 118 valence electrons. The summed E-state index contributed by atoms with van der Waals surface area (Å²) in [7, 11) is 0. The normalized spacial score (nSPS) is 11.4. The minimum atomic E-state index is 0.207. The third-order valence-electron chi connectivity index (χ3n) is 4.47. The molecule has 3 aromatic carbocycles. The Hall–Kier alpha value is -3.04. The summed E-state index contributed by atoms with van der Waals surface area (Å²) in [5.74, 6) is 0. The van der Waals surface area contributed by atoms with Gasteiger partial charge >= 0.3 is 0 Å². The number of rotatable bonds is 1. The van der Waals surface area contributed by atoms with Crippen molar-refractivity contribution in [2.24, 2.45) is 0 Å². The van der Waals surface area contributed by atoms with Crippen LogP contribution in [0.25, 0.3) is 43.8 Å². The van der Waals surface area contributed by atoms with Crippen LogP contribution in [0.2, 0.25) is 5.28 Å². The SMILES string of the molecule is Clc1nc(-c2cc3ccccc3c3ccccc23)c2cccnc2n1. The minimum Gasteiger partial charge on any atom is -0.236 e. The summed E-state index contributed by atoms with van der Waals surface area (Å²) in [5, 5.41) is 5.83. The number of pyridine rings is 1. The summed E-state index contributed by atoms with van der Waals surface area (Å²) in [6.45, 7) is 0. The van der Waals surface area contributed by atoms with Crippen molar-refractivity contribution in [3.63, 3.8) is 0 Å². The van der Waals surface area contributed by atoms with Gasteiger partial charge in [0.05, 0.1) is 5.69 Å². The van der Waals surface area contributed by atoms with Crippen molar-refractivity contribution in [1.82, 2.24) is 15.0 Å². The van der Waals surface area contributed by atoms with Gasteiger partial charge in [-0.15, -0.1) is 0 Å². The van der Waals surface area contributed by atoms with E-state index in [1.807, 2.05) is 24.3 Å². The van der Waals surface area contributed by atoms with Crippen LogP contribution in [0.1, 0.15) is 0 Å². The van der Waals surface area contributed by atoms with E-state index < -0.39 is 0 Å². The molecular weight excluding hydrogens is 330 g/mol. The number of nitrogens with zero attached hydrogens (tertiary/aromatic N) is 3. The number of fused-ring (bicyclic) bond motifs is 4. The highest BCUT2D eigenvalue weighted by atomic mass is 35.5. The average molecular weight is 342 g/mol. The standard InChI is InChI=1S/C21H12ClN3/c22-21-24-19(17-10-5-11-23-20(17)25-21)18-12-13-6-1-2-7-14(13)15-8-3-4-9-16(15)18/h1-12H. The Labute approximate surface area is 148 Å². The Morgan fingerprint density at radius 3 is 2.28 bits per heavy atom. The topological polar surface area (TPSA) is 38.7 Å². The lowest BCUT2D eigenvalue weighted by Gasteiger charge is -2.12. The largest absolute Gasteiger partial charge is 0.236 e. The molecule has 0 unspecified atom stereocenters. The van der Waals surface area contributed by atoms with Crippen molar-refractivity contribution in [1.29, 1.82) is 0 Å². The molecule has 4 heteroatoms. The van der Waals surface area contributed by atoms with Crippen molar-refractivity contribution >= 4 is 44.2 Å². The van der Waals surface area contributed by atoms with Crippen molar-refractivity contribution < 1.29 is 0 Å². The minimum absolute atomic E-state index is 0.207. The molecule has 0 saturated carbocycles. The van der Waals surface area contributed by atoms with Gasteiger partial charge in [-0.3, -0.25) is 0 Å².